The van der Waals surface area contributed by atoms with E-state index in [1.807, 2.05) is 26.0 Å². The third kappa shape index (κ3) is 2.62. The third-order valence-corrected chi connectivity index (χ3v) is 3.14. The molecule has 0 saturated heterocycles. The van der Waals surface area contributed by atoms with Gasteiger partial charge in [-0.3, -0.25) is 10.1 Å². The van der Waals surface area contributed by atoms with Crippen molar-refractivity contribution in [2.24, 2.45) is 0 Å². The van der Waals surface area contributed by atoms with Gasteiger partial charge >= 0.3 is 5.69 Å². The minimum atomic E-state index is -0.486. The Morgan fingerprint density at radius 3 is 2.57 bits per heavy atom. The average molecular weight is 288 g/mol. The summed E-state index contributed by atoms with van der Waals surface area (Å²) in [5.74, 6) is 0.725. The molecule has 0 fully saturated rings. The van der Waals surface area contributed by atoms with Gasteiger partial charge in [0, 0.05) is 7.05 Å². The van der Waals surface area contributed by atoms with E-state index >= 15 is 0 Å². The number of ether oxygens (including phenoxy) is 1. The smallest absolute Gasteiger partial charge is 0.337 e. The summed E-state index contributed by atoms with van der Waals surface area (Å²) >= 11 is 0. The van der Waals surface area contributed by atoms with E-state index in [9.17, 15) is 10.1 Å². The van der Waals surface area contributed by atoms with Crippen LogP contribution in [0.2, 0.25) is 0 Å². The summed E-state index contributed by atoms with van der Waals surface area (Å²) in [5, 5.41) is 14.1. The van der Waals surface area contributed by atoms with Crippen molar-refractivity contribution in [2.75, 3.05) is 19.5 Å². The van der Waals surface area contributed by atoms with Crippen molar-refractivity contribution >= 4 is 11.5 Å². The molecule has 7 heteroatoms. The first-order valence-electron chi connectivity index (χ1n) is 6.32. The molecule has 7 nitrogen and oxygen atoms in total. The second-order valence-corrected chi connectivity index (χ2v) is 4.59. The topological polar surface area (TPSA) is 90.2 Å². The Hall–Kier alpha value is -2.70. The molecule has 0 aliphatic heterocycles. The lowest BCUT2D eigenvalue weighted by atomic mass is 10.00. The van der Waals surface area contributed by atoms with E-state index in [2.05, 4.69) is 15.3 Å². The first-order chi connectivity index (χ1) is 9.99. The van der Waals surface area contributed by atoms with Crippen LogP contribution in [0.3, 0.4) is 0 Å². The molecule has 1 N–H and O–H groups in total. The predicted molar refractivity (Wildman–Crippen MR) is 79.7 cm³/mol. The Kier molecular flexibility index (Phi) is 4.02. The monoisotopic (exact) mass is 288 g/mol. The quantitative estimate of drug-likeness (QED) is 0.687. The molecule has 110 valence electrons. The van der Waals surface area contributed by atoms with Gasteiger partial charge in [0.2, 0.25) is 5.82 Å². The van der Waals surface area contributed by atoms with Crippen molar-refractivity contribution in [2.45, 2.75) is 13.8 Å². The zero-order valence-corrected chi connectivity index (χ0v) is 12.3. The van der Waals surface area contributed by atoms with Gasteiger partial charge in [0.25, 0.3) is 0 Å². The van der Waals surface area contributed by atoms with Crippen LogP contribution in [0, 0.1) is 24.0 Å². The standard InChI is InChI=1S/C14H16N4O3/c1-8-5-9(2)11(10(6-8)21-4)12-13(18(19)20)14(15-3)17-7-16-12/h5-7H,1-4H3,(H,15,16,17). The van der Waals surface area contributed by atoms with Gasteiger partial charge in [-0.25, -0.2) is 9.97 Å². The molecule has 0 amide bonds. The van der Waals surface area contributed by atoms with Gasteiger partial charge in [0.1, 0.15) is 12.1 Å². The van der Waals surface area contributed by atoms with Crippen molar-refractivity contribution in [3.8, 4) is 17.0 Å². The van der Waals surface area contributed by atoms with E-state index in [1.165, 1.54) is 13.4 Å². The van der Waals surface area contributed by atoms with Crippen LogP contribution in [0.4, 0.5) is 11.5 Å². The van der Waals surface area contributed by atoms with E-state index < -0.39 is 4.92 Å². The molecule has 0 atom stereocenters. The second kappa shape index (κ2) is 5.74. The summed E-state index contributed by atoms with van der Waals surface area (Å²) in [4.78, 5) is 18.9. The van der Waals surface area contributed by atoms with Gasteiger partial charge < -0.3 is 10.1 Å². The average Bonchev–Trinajstić information content (AvgIpc) is 2.45. The van der Waals surface area contributed by atoms with Gasteiger partial charge in [-0.1, -0.05) is 6.07 Å². The van der Waals surface area contributed by atoms with Crippen molar-refractivity contribution in [3.05, 3.63) is 39.7 Å². The maximum Gasteiger partial charge on any atom is 0.337 e. The van der Waals surface area contributed by atoms with E-state index in [-0.39, 0.29) is 17.2 Å². The lowest BCUT2D eigenvalue weighted by Crippen LogP contribution is -2.04. The number of hydrogen-bond donors (Lipinski definition) is 1. The van der Waals surface area contributed by atoms with Crippen molar-refractivity contribution < 1.29 is 9.66 Å². The molecule has 0 radical (unpaired) electrons. The van der Waals surface area contributed by atoms with E-state index in [0.717, 1.165) is 11.1 Å². The molecule has 21 heavy (non-hydrogen) atoms. The highest BCUT2D eigenvalue weighted by Gasteiger charge is 2.26. The van der Waals surface area contributed by atoms with Crippen molar-refractivity contribution in [3.63, 3.8) is 0 Å². The van der Waals surface area contributed by atoms with E-state index in [1.54, 1.807) is 7.05 Å². The highest BCUT2D eigenvalue weighted by atomic mass is 16.6. The summed E-state index contributed by atoms with van der Waals surface area (Å²) < 4.78 is 5.37. The largest absolute Gasteiger partial charge is 0.496 e. The minimum Gasteiger partial charge on any atom is -0.496 e. The van der Waals surface area contributed by atoms with E-state index in [4.69, 9.17) is 4.74 Å². The summed E-state index contributed by atoms with van der Waals surface area (Å²) in [5.41, 5.74) is 2.56. The predicted octanol–water partition coefficient (Wildman–Crippen LogP) is 2.72. The Balaban J connectivity index is 2.82. The molecule has 1 aromatic heterocycles. The molecule has 1 aromatic carbocycles. The van der Waals surface area contributed by atoms with Gasteiger partial charge in [-0.2, -0.15) is 0 Å². The molecule has 2 aromatic rings. The lowest BCUT2D eigenvalue weighted by molar-refractivity contribution is -0.383. The Labute approximate surface area is 122 Å². The fourth-order valence-corrected chi connectivity index (χ4v) is 2.31. The van der Waals surface area contributed by atoms with Gasteiger partial charge in [0.05, 0.1) is 17.6 Å². The SMILES string of the molecule is CNc1ncnc(-c2c(C)cc(C)cc2OC)c1[N+](=O)[O-]. The number of methoxy groups -OCH3 is 1. The summed E-state index contributed by atoms with van der Waals surface area (Å²) in [6.45, 7) is 3.81. The fourth-order valence-electron chi connectivity index (χ4n) is 2.31. The Morgan fingerprint density at radius 2 is 2.00 bits per heavy atom. The summed E-state index contributed by atoms with van der Waals surface area (Å²) in [7, 11) is 3.11. The van der Waals surface area contributed by atoms with Crippen LogP contribution in [-0.2, 0) is 0 Å². The zero-order valence-electron chi connectivity index (χ0n) is 12.3. The maximum atomic E-state index is 11.4. The Morgan fingerprint density at radius 1 is 1.29 bits per heavy atom. The molecular weight excluding hydrogens is 272 g/mol. The number of nitrogens with zero attached hydrogens (tertiary/aromatic N) is 3. The number of hydrogen-bond acceptors (Lipinski definition) is 6. The number of benzene rings is 1. The summed E-state index contributed by atoms with van der Waals surface area (Å²) in [6.07, 6.45) is 1.30. The van der Waals surface area contributed by atoms with Crippen LogP contribution in [0.5, 0.6) is 5.75 Å². The van der Waals surface area contributed by atoms with Crippen LogP contribution < -0.4 is 10.1 Å². The van der Waals surface area contributed by atoms with Gasteiger partial charge in [-0.15, -0.1) is 0 Å². The minimum absolute atomic E-state index is 0.162. The van der Waals surface area contributed by atoms with Crippen LogP contribution >= 0.6 is 0 Å². The molecule has 0 bridgehead atoms. The molecule has 0 spiro atoms. The Bertz CT molecular complexity index is 701. The number of aryl methyl sites for hydroxylation is 2. The number of anilines is 1. The number of rotatable bonds is 4. The summed E-state index contributed by atoms with van der Waals surface area (Å²) in [6, 6.07) is 3.76. The van der Waals surface area contributed by atoms with Crippen molar-refractivity contribution in [1.82, 2.24) is 9.97 Å². The van der Waals surface area contributed by atoms with Gasteiger partial charge in [-0.05, 0) is 31.0 Å². The molecule has 0 saturated carbocycles. The van der Waals surface area contributed by atoms with Crippen LogP contribution in [0.1, 0.15) is 11.1 Å². The highest BCUT2D eigenvalue weighted by molar-refractivity contribution is 5.82. The molecular formula is C14H16N4O3. The normalized spacial score (nSPS) is 10.3. The lowest BCUT2D eigenvalue weighted by Gasteiger charge is -2.13. The molecule has 0 aliphatic rings. The molecule has 0 unspecified atom stereocenters. The van der Waals surface area contributed by atoms with Crippen molar-refractivity contribution in [1.29, 1.82) is 0 Å². The van der Waals surface area contributed by atoms with E-state index in [0.29, 0.717) is 11.3 Å². The molecule has 1 heterocycles. The second-order valence-electron chi connectivity index (χ2n) is 4.59. The molecule has 2 rings (SSSR count). The van der Waals surface area contributed by atoms with Crippen LogP contribution in [-0.4, -0.2) is 29.0 Å². The first-order valence-corrected chi connectivity index (χ1v) is 6.32. The number of nitrogens with one attached hydrogen (secondary N) is 1. The molecule has 0 aliphatic carbocycles. The third-order valence-electron chi connectivity index (χ3n) is 3.14. The van der Waals surface area contributed by atoms with Crippen LogP contribution in [0.25, 0.3) is 11.3 Å². The number of nitro groups is 1. The maximum absolute atomic E-state index is 11.4. The highest BCUT2D eigenvalue weighted by Crippen LogP contribution is 2.40. The number of aromatic nitrogens is 2. The fraction of sp³-hybridized carbons (Fsp3) is 0.286. The zero-order chi connectivity index (χ0) is 15.6. The van der Waals surface area contributed by atoms with Crippen LogP contribution in [0.15, 0.2) is 18.5 Å². The van der Waals surface area contributed by atoms with Gasteiger partial charge in [0.15, 0.2) is 5.69 Å². The first kappa shape index (κ1) is 14.7.